The summed E-state index contributed by atoms with van der Waals surface area (Å²) in [5, 5.41) is 0. The second-order valence-corrected chi connectivity index (χ2v) is 5.64. The second kappa shape index (κ2) is 4.33. The van der Waals surface area contributed by atoms with E-state index in [9.17, 15) is 0 Å². The SMILES string of the molecule is COC(C)(C)Cc1nc2n(c1N)CCCC2C. The van der Waals surface area contributed by atoms with Crippen LogP contribution < -0.4 is 5.73 Å². The summed E-state index contributed by atoms with van der Waals surface area (Å²) >= 11 is 0. The zero-order valence-electron chi connectivity index (χ0n) is 11.3. The molecule has 1 aliphatic heterocycles. The Morgan fingerprint density at radius 2 is 2.24 bits per heavy atom. The van der Waals surface area contributed by atoms with Crippen LogP contribution >= 0.6 is 0 Å². The molecule has 0 aromatic carbocycles. The normalized spacial score (nSPS) is 20.4. The van der Waals surface area contributed by atoms with Crippen LogP contribution in [-0.2, 0) is 17.7 Å². The number of nitrogens with zero attached hydrogens (tertiary/aromatic N) is 2. The first kappa shape index (κ1) is 12.4. The molecule has 96 valence electrons. The van der Waals surface area contributed by atoms with E-state index < -0.39 is 0 Å². The molecule has 2 heterocycles. The maximum absolute atomic E-state index is 6.19. The zero-order chi connectivity index (χ0) is 12.6. The van der Waals surface area contributed by atoms with Crippen LogP contribution in [0.4, 0.5) is 5.82 Å². The summed E-state index contributed by atoms with van der Waals surface area (Å²) in [6.07, 6.45) is 3.17. The van der Waals surface area contributed by atoms with Gasteiger partial charge in [0, 0.05) is 26.0 Å². The lowest BCUT2D eigenvalue weighted by atomic mass is 10.0. The molecule has 0 saturated carbocycles. The molecule has 17 heavy (non-hydrogen) atoms. The number of imidazole rings is 1. The van der Waals surface area contributed by atoms with E-state index in [1.807, 2.05) is 0 Å². The van der Waals surface area contributed by atoms with Crippen LogP contribution in [0.1, 0.15) is 51.0 Å². The molecule has 0 bridgehead atoms. The molecule has 4 nitrogen and oxygen atoms in total. The highest BCUT2D eigenvalue weighted by Crippen LogP contribution is 2.31. The van der Waals surface area contributed by atoms with E-state index in [1.165, 1.54) is 12.8 Å². The van der Waals surface area contributed by atoms with E-state index in [4.69, 9.17) is 15.5 Å². The van der Waals surface area contributed by atoms with Crippen LogP contribution in [0.15, 0.2) is 0 Å². The van der Waals surface area contributed by atoms with Gasteiger partial charge in [0.25, 0.3) is 0 Å². The fourth-order valence-corrected chi connectivity index (χ4v) is 2.44. The number of rotatable bonds is 3. The molecule has 1 unspecified atom stereocenters. The molecule has 1 aliphatic rings. The van der Waals surface area contributed by atoms with E-state index in [0.717, 1.165) is 30.3 Å². The fourth-order valence-electron chi connectivity index (χ4n) is 2.44. The molecule has 4 heteroatoms. The van der Waals surface area contributed by atoms with Gasteiger partial charge >= 0.3 is 0 Å². The Bertz CT molecular complexity index is 409. The Kier molecular flexibility index (Phi) is 3.17. The van der Waals surface area contributed by atoms with Crippen molar-refractivity contribution in [3.8, 4) is 0 Å². The first-order valence-electron chi connectivity index (χ1n) is 6.34. The summed E-state index contributed by atoms with van der Waals surface area (Å²) in [4.78, 5) is 4.72. The smallest absolute Gasteiger partial charge is 0.126 e. The van der Waals surface area contributed by atoms with Gasteiger partial charge in [0.1, 0.15) is 11.6 Å². The van der Waals surface area contributed by atoms with Crippen molar-refractivity contribution in [2.24, 2.45) is 0 Å². The maximum atomic E-state index is 6.19. The van der Waals surface area contributed by atoms with Crippen LogP contribution in [-0.4, -0.2) is 22.3 Å². The quantitative estimate of drug-likeness (QED) is 0.877. The average molecular weight is 237 g/mol. The van der Waals surface area contributed by atoms with E-state index >= 15 is 0 Å². The summed E-state index contributed by atoms with van der Waals surface area (Å²) < 4.78 is 7.63. The largest absolute Gasteiger partial charge is 0.384 e. The maximum Gasteiger partial charge on any atom is 0.126 e. The van der Waals surface area contributed by atoms with E-state index in [0.29, 0.717) is 5.92 Å². The molecule has 0 spiro atoms. The highest BCUT2D eigenvalue weighted by molar-refractivity contribution is 5.40. The molecule has 2 rings (SSSR count). The molecule has 0 saturated heterocycles. The van der Waals surface area contributed by atoms with E-state index in [2.05, 4.69) is 25.3 Å². The first-order valence-corrected chi connectivity index (χ1v) is 6.34. The molecule has 0 radical (unpaired) electrons. The molecule has 0 fully saturated rings. The topological polar surface area (TPSA) is 53.1 Å². The van der Waals surface area contributed by atoms with Crippen molar-refractivity contribution in [2.45, 2.75) is 58.1 Å². The third-order valence-electron chi connectivity index (χ3n) is 3.72. The van der Waals surface area contributed by atoms with Gasteiger partial charge in [0.05, 0.1) is 11.3 Å². The van der Waals surface area contributed by atoms with Gasteiger partial charge in [-0.1, -0.05) is 6.92 Å². The van der Waals surface area contributed by atoms with Crippen LogP contribution in [0.3, 0.4) is 0 Å². The lowest BCUT2D eigenvalue weighted by molar-refractivity contribution is 0.0226. The summed E-state index contributed by atoms with van der Waals surface area (Å²) in [6, 6.07) is 0. The Morgan fingerprint density at radius 3 is 2.82 bits per heavy atom. The lowest BCUT2D eigenvalue weighted by Crippen LogP contribution is -2.26. The van der Waals surface area contributed by atoms with Gasteiger partial charge in [-0.15, -0.1) is 0 Å². The van der Waals surface area contributed by atoms with Gasteiger partial charge < -0.3 is 15.0 Å². The van der Waals surface area contributed by atoms with Crippen molar-refractivity contribution in [3.05, 3.63) is 11.5 Å². The Balaban J connectivity index is 2.31. The van der Waals surface area contributed by atoms with Gasteiger partial charge in [-0.25, -0.2) is 4.98 Å². The summed E-state index contributed by atoms with van der Waals surface area (Å²) in [5.74, 6) is 2.50. The zero-order valence-corrected chi connectivity index (χ0v) is 11.3. The van der Waals surface area contributed by atoms with Crippen molar-refractivity contribution in [2.75, 3.05) is 12.8 Å². The van der Waals surface area contributed by atoms with Crippen LogP contribution in [0.25, 0.3) is 0 Å². The monoisotopic (exact) mass is 237 g/mol. The van der Waals surface area contributed by atoms with Crippen molar-refractivity contribution >= 4 is 5.82 Å². The number of fused-ring (bicyclic) bond motifs is 1. The highest BCUT2D eigenvalue weighted by Gasteiger charge is 2.26. The number of hydrogen-bond donors (Lipinski definition) is 1. The van der Waals surface area contributed by atoms with Gasteiger partial charge in [-0.3, -0.25) is 0 Å². The van der Waals surface area contributed by atoms with Crippen molar-refractivity contribution in [1.82, 2.24) is 9.55 Å². The molecule has 2 N–H and O–H groups in total. The number of anilines is 1. The number of nitrogen functional groups attached to an aromatic ring is 1. The van der Waals surface area contributed by atoms with Crippen molar-refractivity contribution < 1.29 is 4.74 Å². The number of aromatic nitrogens is 2. The molecular weight excluding hydrogens is 214 g/mol. The predicted octanol–water partition coefficient (Wildman–Crippen LogP) is 2.33. The van der Waals surface area contributed by atoms with Crippen molar-refractivity contribution in [3.63, 3.8) is 0 Å². The minimum atomic E-state index is -0.206. The molecule has 1 aromatic heterocycles. The van der Waals surface area contributed by atoms with Gasteiger partial charge in [0.15, 0.2) is 0 Å². The summed E-state index contributed by atoms with van der Waals surface area (Å²) in [6.45, 7) is 7.36. The van der Waals surface area contributed by atoms with Gasteiger partial charge in [-0.2, -0.15) is 0 Å². The van der Waals surface area contributed by atoms with Crippen molar-refractivity contribution in [1.29, 1.82) is 0 Å². The standard InChI is InChI=1S/C13H23N3O/c1-9-6-5-7-16-11(14)10(15-12(9)16)8-13(2,3)17-4/h9H,5-8,14H2,1-4H3. The Morgan fingerprint density at radius 1 is 1.53 bits per heavy atom. The lowest BCUT2D eigenvalue weighted by Gasteiger charge is -2.22. The molecular formula is C13H23N3O. The molecule has 0 aliphatic carbocycles. The number of ether oxygens (including phenoxy) is 1. The summed E-state index contributed by atoms with van der Waals surface area (Å²) in [5.41, 5.74) is 6.97. The number of nitrogens with two attached hydrogens (primary N) is 1. The third kappa shape index (κ3) is 2.32. The van der Waals surface area contributed by atoms with Crippen LogP contribution in [0, 0.1) is 0 Å². The average Bonchev–Trinajstić information content (AvgIpc) is 2.58. The van der Waals surface area contributed by atoms with E-state index in [-0.39, 0.29) is 5.60 Å². The summed E-state index contributed by atoms with van der Waals surface area (Å²) in [7, 11) is 1.73. The first-order chi connectivity index (χ1) is 7.94. The number of methoxy groups -OCH3 is 1. The third-order valence-corrected chi connectivity index (χ3v) is 3.72. The van der Waals surface area contributed by atoms with Gasteiger partial charge in [0.2, 0.25) is 0 Å². The molecule has 1 atom stereocenters. The minimum Gasteiger partial charge on any atom is -0.384 e. The van der Waals surface area contributed by atoms with E-state index in [1.54, 1.807) is 7.11 Å². The molecule has 1 aromatic rings. The second-order valence-electron chi connectivity index (χ2n) is 5.64. The molecule has 0 amide bonds. The number of hydrogen-bond acceptors (Lipinski definition) is 3. The van der Waals surface area contributed by atoms with Crippen LogP contribution in [0.5, 0.6) is 0 Å². The Labute approximate surface area is 103 Å². The van der Waals surface area contributed by atoms with Gasteiger partial charge in [-0.05, 0) is 26.7 Å². The van der Waals surface area contributed by atoms with Crippen LogP contribution in [0.2, 0.25) is 0 Å². The highest BCUT2D eigenvalue weighted by atomic mass is 16.5. The fraction of sp³-hybridized carbons (Fsp3) is 0.769. The minimum absolute atomic E-state index is 0.206. The Hall–Kier alpha value is -1.03. The predicted molar refractivity (Wildman–Crippen MR) is 69.1 cm³/mol.